The van der Waals surface area contributed by atoms with E-state index in [-0.39, 0.29) is 11.3 Å². The summed E-state index contributed by atoms with van der Waals surface area (Å²) >= 11 is 0. The van der Waals surface area contributed by atoms with Crippen LogP contribution in [-0.4, -0.2) is 47.7 Å². The van der Waals surface area contributed by atoms with Gasteiger partial charge in [-0.05, 0) is 37.6 Å². The highest BCUT2D eigenvalue weighted by Gasteiger charge is 2.20. The molecule has 0 aliphatic heterocycles. The van der Waals surface area contributed by atoms with Crippen LogP contribution in [0.25, 0.3) is 5.69 Å². The van der Waals surface area contributed by atoms with Crippen molar-refractivity contribution in [3.05, 3.63) is 73.7 Å². The molecule has 2 N–H and O–H groups in total. The van der Waals surface area contributed by atoms with E-state index in [4.69, 9.17) is 14.2 Å². The highest BCUT2D eigenvalue weighted by atomic mass is 16.6. The largest absolute Gasteiger partial charge is 0.493 e. The van der Waals surface area contributed by atoms with Gasteiger partial charge in [-0.3, -0.25) is 24.8 Å². The van der Waals surface area contributed by atoms with Crippen LogP contribution in [0.3, 0.4) is 0 Å². The van der Waals surface area contributed by atoms with Gasteiger partial charge >= 0.3 is 0 Å². The molecular weight excluding hydrogens is 470 g/mol. The van der Waals surface area contributed by atoms with Gasteiger partial charge in [0.05, 0.1) is 43.2 Å². The number of H-pyrrole nitrogens is 1. The number of ether oxygens (including phenoxy) is 3. The molecule has 0 radical (unpaired) electrons. The van der Waals surface area contributed by atoms with Crippen molar-refractivity contribution in [3.8, 4) is 22.9 Å². The van der Waals surface area contributed by atoms with Crippen LogP contribution >= 0.6 is 0 Å². The Kier molecular flexibility index (Phi) is 8.10. The van der Waals surface area contributed by atoms with Crippen molar-refractivity contribution < 1.29 is 23.9 Å². The molecule has 2 aromatic carbocycles. The molecule has 190 valence electrons. The average molecular weight is 498 g/mol. The Hall–Kier alpha value is -4.61. The first kappa shape index (κ1) is 26.0. The maximum Gasteiger partial charge on any atom is 0.280 e. The van der Waals surface area contributed by atoms with Crippen LogP contribution in [0, 0.1) is 10.1 Å². The number of amides is 1. The number of non-ortho nitro benzene ring substituents is 1. The summed E-state index contributed by atoms with van der Waals surface area (Å²) in [5, 5.41) is 18.1. The number of methoxy groups -OCH3 is 3. The summed E-state index contributed by atoms with van der Waals surface area (Å²) in [4.78, 5) is 36.5. The summed E-state index contributed by atoms with van der Waals surface area (Å²) in [5.41, 5.74) is 3.86. The second-order valence-corrected chi connectivity index (χ2v) is 7.68. The van der Waals surface area contributed by atoms with E-state index in [1.54, 1.807) is 6.92 Å². The first-order valence-corrected chi connectivity index (χ1v) is 11.0. The predicted molar refractivity (Wildman–Crippen MR) is 133 cm³/mol. The molecule has 1 heterocycles. The van der Waals surface area contributed by atoms with E-state index >= 15 is 0 Å². The predicted octanol–water partition coefficient (Wildman–Crippen LogP) is 3.21. The van der Waals surface area contributed by atoms with Gasteiger partial charge in [-0.2, -0.15) is 5.10 Å². The highest BCUT2D eigenvalue weighted by molar-refractivity contribution is 6.01. The van der Waals surface area contributed by atoms with Gasteiger partial charge in [0.2, 0.25) is 5.75 Å². The van der Waals surface area contributed by atoms with Crippen molar-refractivity contribution in [1.82, 2.24) is 15.2 Å². The van der Waals surface area contributed by atoms with Crippen molar-refractivity contribution in [2.75, 3.05) is 21.3 Å². The van der Waals surface area contributed by atoms with Gasteiger partial charge in [-0.1, -0.05) is 13.3 Å². The van der Waals surface area contributed by atoms with Crippen molar-refractivity contribution in [2.24, 2.45) is 5.10 Å². The molecule has 0 atom stereocenters. The zero-order chi connectivity index (χ0) is 26.4. The molecule has 0 aliphatic rings. The minimum atomic E-state index is -0.545. The van der Waals surface area contributed by atoms with Gasteiger partial charge in [0.1, 0.15) is 0 Å². The fourth-order valence-corrected chi connectivity index (χ4v) is 3.66. The summed E-state index contributed by atoms with van der Waals surface area (Å²) in [6.45, 7) is 3.57. The third kappa shape index (κ3) is 5.22. The zero-order valence-corrected chi connectivity index (χ0v) is 20.6. The second kappa shape index (κ2) is 11.2. The van der Waals surface area contributed by atoms with Crippen molar-refractivity contribution in [2.45, 2.75) is 26.7 Å². The summed E-state index contributed by atoms with van der Waals surface area (Å²) in [6.07, 6.45) is 1.30. The molecule has 3 aromatic rings. The molecule has 36 heavy (non-hydrogen) atoms. The number of nitrogens with zero attached hydrogens (tertiary/aromatic N) is 3. The molecule has 0 fully saturated rings. The molecule has 0 bridgehead atoms. The number of aromatic nitrogens is 2. The van der Waals surface area contributed by atoms with E-state index < -0.39 is 16.4 Å². The Labute approximate surface area is 206 Å². The van der Waals surface area contributed by atoms with E-state index in [1.807, 2.05) is 6.92 Å². The molecular formula is C24H27N5O7. The second-order valence-electron chi connectivity index (χ2n) is 7.68. The minimum Gasteiger partial charge on any atom is -0.493 e. The van der Waals surface area contributed by atoms with E-state index in [0.29, 0.717) is 46.3 Å². The Morgan fingerprint density at radius 3 is 2.22 bits per heavy atom. The number of hydrogen-bond donors (Lipinski definition) is 2. The lowest BCUT2D eigenvalue weighted by Crippen LogP contribution is -2.23. The molecule has 0 spiro atoms. The van der Waals surface area contributed by atoms with Gasteiger partial charge in [0.15, 0.2) is 11.5 Å². The van der Waals surface area contributed by atoms with Crippen LogP contribution in [0.4, 0.5) is 5.69 Å². The van der Waals surface area contributed by atoms with Crippen molar-refractivity contribution in [3.63, 3.8) is 0 Å². The first-order chi connectivity index (χ1) is 17.2. The van der Waals surface area contributed by atoms with Gasteiger partial charge in [-0.15, -0.1) is 0 Å². The van der Waals surface area contributed by atoms with Crippen molar-refractivity contribution >= 4 is 17.3 Å². The van der Waals surface area contributed by atoms with Crippen LogP contribution in [0.2, 0.25) is 0 Å². The molecule has 1 aromatic heterocycles. The third-order valence-corrected chi connectivity index (χ3v) is 5.40. The maximum absolute atomic E-state index is 13.2. The lowest BCUT2D eigenvalue weighted by atomic mass is 10.1. The molecule has 12 nitrogen and oxygen atoms in total. The number of aromatic amines is 1. The lowest BCUT2D eigenvalue weighted by Gasteiger charge is -2.13. The Morgan fingerprint density at radius 1 is 1.11 bits per heavy atom. The molecule has 0 saturated carbocycles. The number of nitro benzene ring substituents is 1. The fraction of sp³-hybridized carbons (Fsp3) is 0.292. The summed E-state index contributed by atoms with van der Waals surface area (Å²) < 4.78 is 17.1. The molecule has 0 saturated heterocycles. The van der Waals surface area contributed by atoms with E-state index in [2.05, 4.69) is 15.6 Å². The van der Waals surface area contributed by atoms with Crippen LogP contribution in [-0.2, 0) is 6.42 Å². The standard InChI is InChI=1S/C24H27N5O7/c1-6-7-18-21(24(31)28(27-18)16-8-10-17(11-9-16)29(32)33)14(2)25-26-23(30)15-12-19(34-3)22(36-5)20(13-15)35-4/h8-13,27H,6-7H2,1-5H3,(H,26,30)/b25-14+. The number of rotatable bonds is 10. The summed E-state index contributed by atoms with van der Waals surface area (Å²) in [7, 11) is 4.35. The number of carbonyl (C=O) groups excluding carboxylic acids is 1. The summed E-state index contributed by atoms with van der Waals surface area (Å²) in [6, 6.07) is 8.58. The van der Waals surface area contributed by atoms with Crippen LogP contribution in [0.15, 0.2) is 46.3 Å². The number of carbonyl (C=O) groups is 1. The smallest absolute Gasteiger partial charge is 0.280 e. The number of hydrazone groups is 1. The van der Waals surface area contributed by atoms with Crippen molar-refractivity contribution in [1.29, 1.82) is 0 Å². The van der Waals surface area contributed by atoms with Gasteiger partial charge in [0.25, 0.3) is 17.2 Å². The number of benzene rings is 2. The third-order valence-electron chi connectivity index (χ3n) is 5.40. The van der Waals surface area contributed by atoms with E-state index in [9.17, 15) is 19.7 Å². The molecule has 3 rings (SSSR count). The Morgan fingerprint density at radius 2 is 1.72 bits per heavy atom. The van der Waals surface area contributed by atoms with Crippen LogP contribution < -0.4 is 25.2 Å². The molecule has 12 heteroatoms. The van der Waals surface area contributed by atoms with Gasteiger partial charge in [-0.25, -0.2) is 10.1 Å². The van der Waals surface area contributed by atoms with E-state index in [1.165, 1.54) is 62.4 Å². The van der Waals surface area contributed by atoms with Gasteiger partial charge < -0.3 is 14.2 Å². The Bertz CT molecular complexity index is 1330. The minimum absolute atomic E-state index is 0.0837. The molecule has 1 amide bonds. The topological polar surface area (TPSA) is 150 Å². The molecule has 0 unspecified atom stereocenters. The van der Waals surface area contributed by atoms with E-state index in [0.717, 1.165) is 6.42 Å². The number of aryl methyl sites for hydroxylation is 1. The summed E-state index contributed by atoms with van der Waals surface area (Å²) in [5.74, 6) is 0.422. The van der Waals surface area contributed by atoms with Gasteiger partial charge in [0, 0.05) is 23.4 Å². The first-order valence-electron chi connectivity index (χ1n) is 11.0. The zero-order valence-electron chi connectivity index (χ0n) is 20.6. The SMILES string of the molecule is CCCc1[nH]n(-c2ccc([N+](=O)[O-])cc2)c(=O)c1/C(C)=N/NC(=O)c1cc(OC)c(OC)c(OC)c1. The quantitative estimate of drug-likeness (QED) is 0.248. The highest BCUT2D eigenvalue weighted by Crippen LogP contribution is 2.38. The Balaban J connectivity index is 1.94. The number of nitro groups is 1. The van der Waals surface area contributed by atoms with Crippen LogP contribution in [0.1, 0.15) is 41.9 Å². The maximum atomic E-state index is 13.2. The lowest BCUT2D eigenvalue weighted by molar-refractivity contribution is -0.384. The number of hydrogen-bond acceptors (Lipinski definition) is 8. The average Bonchev–Trinajstić information content (AvgIpc) is 3.21. The molecule has 0 aliphatic carbocycles. The number of nitrogens with one attached hydrogen (secondary N) is 2. The van der Waals surface area contributed by atoms with Crippen LogP contribution in [0.5, 0.6) is 17.2 Å². The fourth-order valence-electron chi connectivity index (χ4n) is 3.66. The monoisotopic (exact) mass is 497 g/mol. The normalized spacial score (nSPS) is 11.2.